The first kappa shape index (κ1) is 23.3. The summed E-state index contributed by atoms with van der Waals surface area (Å²) in [6.45, 7) is 1.17. The number of nitrogens with one attached hydrogen (secondary N) is 2. The molecule has 0 bridgehead atoms. The zero-order valence-corrected chi connectivity index (χ0v) is 19.7. The van der Waals surface area contributed by atoms with E-state index in [0.29, 0.717) is 19.5 Å². The Kier molecular flexibility index (Phi) is 7.03. The first-order valence-corrected chi connectivity index (χ1v) is 12.7. The third-order valence-electron chi connectivity index (χ3n) is 5.08. The van der Waals surface area contributed by atoms with Gasteiger partial charge in [-0.2, -0.15) is 0 Å². The van der Waals surface area contributed by atoms with Crippen molar-refractivity contribution >= 4 is 49.9 Å². The number of halogens is 1. The second-order valence-corrected chi connectivity index (χ2v) is 10.6. The lowest BCUT2D eigenvalue weighted by Gasteiger charge is -2.18. The van der Waals surface area contributed by atoms with Crippen LogP contribution in [0.3, 0.4) is 0 Å². The van der Waals surface area contributed by atoms with Gasteiger partial charge in [0.1, 0.15) is 0 Å². The normalized spacial score (nSPS) is 14.0. The highest BCUT2D eigenvalue weighted by Gasteiger charge is 2.23. The van der Waals surface area contributed by atoms with E-state index in [1.165, 1.54) is 0 Å². The van der Waals surface area contributed by atoms with Gasteiger partial charge in [0, 0.05) is 26.1 Å². The molecule has 0 spiro atoms. The van der Waals surface area contributed by atoms with E-state index in [2.05, 4.69) is 20.2 Å². The van der Waals surface area contributed by atoms with Gasteiger partial charge in [0.05, 0.1) is 10.6 Å². The molecular formula is C21H20ClN5O4S2. The van der Waals surface area contributed by atoms with Crippen molar-refractivity contribution in [2.45, 2.75) is 30.3 Å². The van der Waals surface area contributed by atoms with Crippen LogP contribution >= 0.6 is 22.9 Å². The highest BCUT2D eigenvalue weighted by atomic mass is 35.5. The quantitative estimate of drug-likeness (QED) is 0.454. The predicted octanol–water partition coefficient (Wildman–Crippen LogP) is 3.04. The van der Waals surface area contributed by atoms with Crippen LogP contribution in [-0.4, -0.2) is 41.9 Å². The molecule has 1 aromatic heterocycles. The average Bonchev–Trinajstić information content (AvgIpc) is 3.43. The number of carbonyl (C=O) groups is 2. The van der Waals surface area contributed by atoms with Crippen molar-refractivity contribution in [3.8, 4) is 0 Å². The molecule has 2 N–H and O–H groups in total. The van der Waals surface area contributed by atoms with Crippen molar-refractivity contribution in [1.29, 1.82) is 0 Å². The number of rotatable bonds is 8. The molecule has 1 fully saturated rings. The van der Waals surface area contributed by atoms with Crippen LogP contribution in [0.4, 0.5) is 5.13 Å². The number of anilines is 1. The fraction of sp³-hybridized carbons (Fsp3) is 0.238. The van der Waals surface area contributed by atoms with E-state index in [1.54, 1.807) is 29.2 Å². The molecule has 0 atom stereocenters. The average molecular weight is 506 g/mol. The zero-order valence-electron chi connectivity index (χ0n) is 17.3. The molecule has 1 aliphatic rings. The van der Waals surface area contributed by atoms with Crippen molar-refractivity contribution in [2.75, 3.05) is 11.9 Å². The van der Waals surface area contributed by atoms with Gasteiger partial charge in [-0.3, -0.25) is 14.9 Å². The van der Waals surface area contributed by atoms with E-state index in [-0.39, 0.29) is 32.5 Å². The van der Waals surface area contributed by atoms with Gasteiger partial charge in [-0.25, -0.2) is 13.1 Å². The molecule has 1 saturated heterocycles. The summed E-state index contributed by atoms with van der Waals surface area (Å²) in [7, 11) is -3.96. The Hall–Kier alpha value is -2.86. The summed E-state index contributed by atoms with van der Waals surface area (Å²) >= 11 is 6.75. The Morgan fingerprint density at radius 1 is 1.09 bits per heavy atom. The van der Waals surface area contributed by atoms with E-state index in [9.17, 15) is 18.0 Å². The number of likely N-dealkylation sites (tertiary alicyclic amines) is 1. The Morgan fingerprint density at radius 2 is 1.82 bits per heavy atom. The number of hydrogen-bond acceptors (Lipinski definition) is 7. The molecule has 0 saturated carbocycles. The molecule has 0 unspecified atom stereocenters. The monoisotopic (exact) mass is 505 g/mol. The summed E-state index contributed by atoms with van der Waals surface area (Å²) < 4.78 is 27.7. The molecule has 3 aromatic rings. The summed E-state index contributed by atoms with van der Waals surface area (Å²) in [5, 5.41) is 10.3. The number of carbonyl (C=O) groups excluding carboxylic acids is 2. The Labute approximate surface area is 199 Å². The standard InChI is InChI=1S/C21H20ClN5O4S2/c22-17-9-4-3-8-16(17)19(29)24-20-25-26-21(32-20)33(30,31)23-12-14-6-1-2-7-15(14)13-27-11-5-10-18(27)28/h1-4,6-9,23H,5,10-13H2,(H,24,25,29). The van der Waals surface area contributed by atoms with Crippen molar-refractivity contribution in [2.24, 2.45) is 0 Å². The largest absolute Gasteiger partial charge is 0.338 e. The summed E-state index contributed by atoms with van der Waals surface area (Å²) in [5.41, 5.74) is 1.88. The van der Waals surface area contributed by atoms with Gasteiger partial charge < -0.3 is 4.90 Å². The minimum absolute atomic E-state index is 0.0292. The Bertz CT molecular complexity index is 1300. The Morgan fingerprint density at radius 3 is 2.55 bits per heavy atom. The lowest BCUT2D eigenvalue weighted by atomic mass is 10.1. The van der Waals surface area contributed by atoms with Crippen molar-refractivity contribution in [3.05, 3.63) is 70.2 Å². The van der Waals surface area contributed by atoms with Crippen LogP contribution in [-0.2, 0) is 27.9 Å². The second kappa shape index (κ2) is 9.96. The van der Waals surface area contributed by atoms with Crippen LogP contribution in [0.5, 0.6) is 0 Å². The van der Waals surface area contributed by atoms with E-state index in [0.717, 1.165) is 28.9 Å². The van der Waals surface area contributed by atoms with Crippen LogP contribution in [0.25, 0.3) is 0 Å². The van der Waals surface area contributed by atoms with Gasteiger partial charge in [-0.05, 0) is 29.7 Å². The van der Waals surface area contributed by atoms with Gasteiger partial charge in [-0.15, -0.1) is 10.2 Å². The number of nitrogens with zero attached hydrogens (tertiary/aromatic N) is 3. The molecule has 9 nitrogen and oxygen atoms in total. The number of hydrogen-bond donors (Lipinski definition) is 2. The third-order valence-corrected chi connectivity index (χ3v) is 8.02. The van der Waals surface area contributed by atoms with Crippen molar-refractivity contribution < 1.29 is 18.0 Å². The summed E-state index contributed by atoms with van der Waals surface area (Å²) in [4.78, 5) is 26.1. The van der Waals surface area contributed by atoms with E-state index >= 15 is 0 Å². The summed E-state index contributed by atoms with van der Waals surface area (Å²) in [6, 6.07) is 13.8. The van der Waals surface area contributed by atoms with Gasteiger partial charge >= 0.3 is 0 Å². The summed E-state index contributed by atoms with van der Waals surface area (Å²) in [6.07, 6.45) is 1.38. The number of aromatic nitrogens is 2. The molecule has 2 amide bonds. The molecular weight excluding hydrogens is 486 g/mol. The van der Waals surface area contributed by atoms with Gasteiger partial charge in [0.2, 0.25) is 15.4 Å². The van der Waals surface area contributed by atoms with Crippen LogP contribution in [0, 0.1) is 0 Å². The van der Waals surface area contributed by atoms with E-state index in [1.807, 2.05) is 24.3 Å². The maximum atomic E-state index is 12.7. The molecule has 12 heteroatoms. The minimum atomic E-state index is -3.96. The molecule has 4 rings (SSSR count). The molecule has 2 aromatic carbocycles. The van der Waals surface area contributed by atoms with Crippen LogP contribution in [0.2, 0.25) is 5.02 Å². The van der Waals surface area contributed by atoms with Gasteiger partial charge in [0.25, 0.3) is 15.9 Å². The molecule has 0 radical (unpaired) electrons. The van der Waals surface area contributed by atoms with Crippen LogP contribution < -0.4 is 10.0 Å². The maximum Gasteiger partial charge on any atom is 0.270 e. The first-order valence-electron chi connectivity index (χ1n) is 10.1. The molecule has 172 valence electrons. The van der Waals surface area contributed by atoms with Gasteiger partial charge in [0.15, 0.2) is 0 Å². The van der Waals surface area contributed by atoms with Crippen LogP contribution in [0.1, 0.15) is 34.3 Å². The lowest BCUT2D eigenvalue weighted by Crippen LogP contribution is -2.27. The fourth-order valence-corrected chi connectivity index (χ4v) is 5.54. The topological polar surface area (TPSA) is 121 Å². The molecule has 33 heavy (non-hydrogen) atoms. The molecule has 0 aliphatic carbocycles. The number of amides is 2. The zero-order chi connectivity index (χ0) is 23.4. The van der Waals surface area contributed by atoms with Crippen LogP contribution in [0.15, 0.2) is 52.9 Å². The van der Waals surface area contributed by atoms with E-state index < -0.39 is 15.9 Å². The SMILES string of the molecule is O=C(Nc1nnc(S(=O)(=O)NCc2ccccc2CN2CCCC2=O)s1)c1ccccc1Cl. The molecule has 2 heterocycles. The number of sulfonamides is 1. The fourth-order valence-electron chi connectivity index (χ4n) is 3.37. The Balaban J connectivity index is 1.42. The lowest BCUT2D eigenvalue weighted by molar-refractivity contribution is -0.128. The smallest absolute Gasteiger partial charge is 0.270 e. The second-order valence-electron chi connectivity index (χ2n) is 7.32. The number of benzene rings is 2. The molecule has 1 aliphatic heterocycles. The van der Waals surface area contributed by atoms with Crippen molar-refractivity contribution in [1.82, 2.24) is 19.8 Å². The predicted molar refractivity (Wildman–Crippen MR) is 124 cm³/mol. The first-order chi connectivity index (χ1) is 15.8. The van der Waals surface area contributed by atoms with Crippen molar-refractivity contribution in [3.63, 3.8) is 0 Å². The van der Waals surface area contributed by atoms with Gasteiger partial charge in [-0.1, -0.05) is 59.3 Å². The summed E-state index contributed by atoms with van der Waals surface area (Å²) in [5.74, 6) is -0.412. The van der Waals surface area contributed by atoms with E-state index in [4.69, 9.17) is 11.6 Å². The third kappa shape index (κ3) is 5.56. The highest BCUT2D eigenvalue weighted by molar-refractivity contribution is 7.91. The highest BCUT2D eigenvalue weighted by Crippen LogP contribution is 2.23. The minimum Gasteiger partial charge on any atom is -0.338 e. The maximum absolute atomic E-state index is 12.7.